The number of nitrogens with zero attached hydrogens (tertiary/aromatic N) is 3. The van der Waals surface area contributed by atoms with Crippen LogP contribution in [-0.2, 0) is 4.79 Å². The zero-order valence-corrected chi connectivity index (χ0v) is 9.60. The molecule has 1 aromatic heterocycles. The molecule has 0 aliphatic rings. The van der Waals surface area contributed by atoms with E-state index in [-0.39, 0.29) is 18.5 Å². The average Bonchev–Trinajstić information content (AvgIpc) is 2.48. The van der Waals surface area contributed by atoms with E-state index in [1.165, 1.54) is 0 Å². The van der Waals surface area contributed by atoms with Crippen LogP contribution in [0.4, 0.5) is 6.01 Å². The Bertz CT molecular complexity index is 350. The Balaban J connectivity index is 2.36. The molecule has 1 rings (SSSR count). The molecule has 7 nitrogen and oxygen atoms in total. The summed E-state index contributed by atoms with van der Waals surface area (Å²) in [5.74, 6) is 0.138. The Hall–Kier alpha value is -1.47. The van der Waals surface area contributed by atoms with Gasteiger partial charge in [0.1, 0.15) is 0 Å². The lowest BCUT2D eigenvalue weighted by molar-refractivity contribution is -0.117. The van der Waals surface area contributed by atoms with E-state index < -0.39 is 6.10 Å². The number of carbonyl (C=O) groups excluding carboxylic acids is 1. The summed E-state index contributed by atoms with van der Waals surface area (Å²) in [4.78, 5) is 13.1. The van der Waals surface area contributed by atoms with E-state index in [1.807, 2.05) is 0 Å². The Labute approximate surface area is 93.5 Å². The number of anilines is 1. The molecule has 0 aromatic carbocycles. The van der Waals surface area contributed by atoms with Gasteiger partial charge in [-0.1, -0.05) is 5.10 Å². The summed E-state index contributed by atoms with van der Waals surface area (Å²) in [6, 6.07) is 0.0907. The van der Waals surface area contributed by atoms with E-state index in [0.717, 1.165) is 0 Å². The highest BCUT2D eigenvalue weighted by Crippen LogP contribution is 2.03. The second-order valence-corrected chi connectivity index (χ2v) is 3.72. The molecule has 1 atom stereocenters. The van der Waals surface area contributed by atoms with Gasteiger partial charge in [-0.15, -0.1) is 5.10 Å². The number of hydrogen-bond acceptors (Lipinski definition) is 6. The molecule has 7 heteroatoms. The van der Waals surface area contributed by atoms with Crippen molar-refractivity contribution in [3.63, 3.8) is 0 Å². The first-order valence-corrected chi connectivity index (χ1v) is 4.94. The topological polar surface area (TPSA) is 91.5 Å². The lowest BCUT2D eigenvalue weighted by atomic mass is 10.3. The number of likely N-dealkylation sites (N-methyl/N-ethyl adjacent to an activating group) is 1. The normalized spacial score (nSPS) is 12.8. The predicted octanol–water partition coefficient (Wildman–Crippen LogP) is -0.371. The van der Waals surface area contributed by atoms with Gasteiger partial charge in [0.05, 0.1) is 12.6 Å². The molecule has 1 amide bonds. The van der Waals surface area contributed by atoms with Crippen molar-refractivity contribution >= 4 is 11.9 Å². The van der Waals surface area contributed by atoms with Crippen LogP contribution in [0.2, 0.25) is 0 Å². The SMILES string of the molecule is Cc1nnc(NC(=O)CN(C)CC(C)O)o1. The number of aliphatic hydroxyl groups excluding tert-OH is 1. The van der Waals surface area contributed by atoms with Crippen molar-refractivity contribution in [1.82, 2.24) is 15.1 Å². The standard InChI is InChI=1S/C9H16N4O3/c1-6(14)4-13(3)5-8(15)10-9-12-11-7(2)16-9/h6,14H,4-5H2,1-3H3,(H,10,12,15). The van der Waals surface area contributed by atoms with E-state index in [0.29, 0.717) is 12.4 Å². The Kier molecular flexibility index (Phi) is 4.39. The zero-order valence-electron chi connectivity index (χ0n) is 9.60. The maximum atomic E-state index is 11.5. The lowest BCUT2D eigenvalue weighted by Gasteiger charge is -2.16. The number of hydrogen-bond donors (Lipinski definition) is 2. The van der Waals surface area contributed by atoms with Gasteiger partial charge >= 0.3 is 6.01 Å². The molecule has 1 aromatic rings. The maximum Gasteiger partial charge on any atom is 0.322 e. The quantitative estimate of drug-likeness (QED) is 0.714. The zero-order chi connectivity index (χ0) is 12.1. The fourth-order valence-corrected chi connectivity index (χ4v) is 1.27. The minimum Gasteiger partial charge on any atom is -0.408 e. The second-order valence-electron chi connectivity index (χ2n) is 3.72. The molecule has 1 heterocycles. The van der Waals surface area contributed by atoms with Crippen LogP contribution in [0.1, 0.15) is 12.8 Å². The van der Waals surface area contributed by atoms with Crippen LogP contribution in [0.15, 0.2) is 4.42 Å². The van der Waals surface area contributed by atoms with Crippen LogP contribution < -0.4 is 5.32 Å². The first-order valence-electron chi connectivity index (χ1n) is 4.94. The predicted molar refractivity (Wildman–Crippen MR) is 56.8 cm³/mol. The van der Waals surface area contributed by atoms with Gasteiger partial charge in [-0.2, -0.15) is 0 Å². The smallest absolute Gasteiger partial charge is 0.322 e. The molecule has 0 saturated heterocycles. The molecule has 0 saturated carbocycles. The van der Waals surface area contributed by atoms with E-state index in [9.17, 15) is 4.79 Å². The Morgan fingerprint density at radius 1 is 1.62 bits per heavy atom. The van der Waals surface area contributed by atoms with Crippen molar-refractivity contribution < 1.29 is 14.3 Å². The summed E-state index contributed by atoms with van der Waals surface area (Å²) in [5, 5.41) is 18.8. The minimum atomic E-state index is -0.469. The molecule has 0 radical (unpaired) electrons. The van der Waals surface area contributed by atoms with Crippen molar-refractivity contribution in [2.24, 2.45) is 0 Å². The summed E-state index contributed by atoms with van der Waals surface area (Å²) in [7, 11) is 1.74. The fourth-order valence-electron chi connectivity index (χ4n) is 1.27. The van der Waals surface area contributed by atoms with Gasteiger partial charge in [0.15, 0.2) is 0 Å². The van der Waals surface area contributed by atoms with Crippen LogP contribution in [-0.4, -0.2) is 52.4 Å². The molecule has 0 aliphatic heterocycles. The fraction of sp³-hybridized carbons (Fsp3) is 0.667. The minimum absolute atomic E-state index is 0.0907. The number of aliphatic hydroxyl groups is 1. The van der Waals surface area contributed by atoms with Crippen LogP contribution in [0.25, 0.3) is 0 Å². The molecular formula is C9H16N4O3. The first kappa shape index (κ1) is 12.6. The average molecular weight is 228 g/mol. The summed E-state index contributed by atoms with van der Waals surface area (Å²) < 4.78 is 4.99. The van der Waals surface area contributed by atoms with E-state index in [4.69, 9.17) is 9.52 Å². The maximum absolute atomic E-state index is 11.5. The van der Waals surface area contributed by atoms with E-state index in [1.54, 1.807) is 25.8 Å². The lowest BCUT2D eigenvalue weighted by Crippen LogP contribution is -2.34. The largest absolute Gasteiger partial charge is 0.408 e. The Morgan fingerprint density at radius 3 is 2.81 bits per heavy atom. The number of aromatic nitrogens is 2. The summed E-state index contributed by atoms with van der Waals surface area (Å²) in [5.41, 5.74) is 0. The number of amides is 1. The van der Waals surface area contributed by atoms with Gasteiger partial charge in [0.25, 0.3) is 0 Å². The van der Waals surface area contributed by atoms with Crippen molar-refractivity contribution in [2.75, 3.05) is 25.5 Å². The second kappa shape index (κ2) is 5.57. The third-order valence-electron chi connectivity index (χ3n) is 1.76. The number of nitrogens with one attached hydrogen (secondary N) is 1. The van der Waals surface area contributed by atoms with Crippen LogP contribution in [0.5, 0.6) is 0 Å². The molecule has 0 bridgehead atoms. The van der Waals surface area contributed by atoms with E-state index >= 15 is 0 Å². The van der Waals surface area contributed by atoms with Gasteiger partial charge in [-0.25, -0.2) is 0 Å². The third kappa shape index (κ3) is 4.37. The van der Waals surface area contributed by atoms with Crippen LogP contribution >= 0.6 is 0 Å². The Morgan fingerprint density at radius 2 is 2.31 bits per heavy atom. The molecule has 1 unspecified atom stereocenters. The van der Waals surface area contributed by atoms with Crippen molar-refractivity contribution in [1.29, 1.82) is 0 Å². The molecule has 0 spiro atoms. The third-order valence-corrected chi connectivity index (χ3v) is 1.76. The number of carbonyl (C=O) groups is 1. The highest BCUT2D eigenvalue weighted by atomic mass is 16.4. The summed E-state index contributed by atoms with van der Waals surface area (Å²) in [6.45, 7) is 3.89. The van der Waals surface area contributed by atoms with Gasteiger partial charge in [0.2, 0.25) is 11.8 Å². The molecule has 16 heavy (non-hydrogen) atoms. The van der Waals surface area contributed by atoms with Crippen molar-refractivity contribution in [2.45, 2.75) is 20.0 Å². The summed E-state index contributed by atoms with van der Waals surface area (Å²) in [6.07, 6.45) is -0.469. The van der Waals surface area contributed by atoms with Gasteiger partial charge < -0.3 is 9.52 Å². The molecule has 2 N–H and O–H groups in total. The molecule has 0 aliphatic carbocycles. The van der Waals surface area contributed by atoms with Crippen LogP contribution in [0.3, 0.4) is 0 Å². The monoisotopic (exact) mass is 228 g/mol. The highest BCUT2D eigenvalue weighted by molar-refractivity contribution is 5.90. The molecule has 90 valence electrons. The van der Waals surface area contributed by atoms with Crippen molar-refractivity contribution in [3.8, 4) is 0 Å². The molecular weight excluding hydrogens is 212 g/mol. The van der Waals surface area contributed by atoms with Crippen molar-refractivity contribution in [3.05, 3.63) is 5.89 Å². The van der Waals surface area contributed by atoms with Crippen LogP contribution in [0, 0.1) is 6.92 Å². The number of aryl methyl sites for hydroxylation is 1. The first-order chi connectivity index (χ1) is 7.47. The number of rotatable bonds is 5. The van der Waals surface area contributed by atoms with Gasteiger partial charge in [-0.05, 0) is 14.0 Å². The van der Waals surface area contributed by atoms with Gasteiger partial charge in [-0.3, -0.25) is 15.0 Å². The van der Waals surface area contributed by atoms with Gasteiger partial charge in [0, 0.05) is 13.5 Å². The highest BCUT2D eigenvalue weighted by Gasteiger charge is 2.11. The summed E-state index contributed by atoms with van der Waals surface area (Å²) >= 11 is 0. The van der Waals surface area contributed by atoms with E-state index in [2.05, 4.69) is 15.5 Å². The molecule has 0 fully saturated rings.